The second-order valence-electron chi connectivity index (χ2n) is 4.77. The molecule has 0 spiro atoms. The second kappa shape index (κ2) is 4.05. The molecule has 1 aliphatic rings. The summed E-state index contributed by atoms with van der Waals surface area (Å²) in [5.41, 5.74) is 3.15. The van der Waals surface area contributed by atoms with Crippen LogP contribution in [0.2, 0.25) is 0 Å². The Morgan fingerprint density at radius 2 is 1.78 bits per heavy atom. The first-order valence-electron chi connectivity index (χ1n) is 5.06. The first-order valence-corrected chi connectivity index (χ1v) is 5.06. The SMILES string of the molecule is CC(C)(C)[C@@]1(F)OC(N)=C(C#N)C1=C(C#N)C#N. The fraction of sp³-hybridized carbons (Fsp3) is 0.417. The van der Waals surface area contributed by atoms with Gasteiger partial charge in [0.2, 0.25) is 5.88 Å². The molecule has 0 saturated heterocycles. The average Bonchev–Trinajstić information content (AvgIpc) is 2.53. The number of halogens is 1. The van der Waals surface area contributed by atoms with Crippen LogP contribution in [-0.4, -0.2) is 5.85 Å². The normalized spacial score (nSPS) is 22.8. The topological polar surface area (TPSA) is 107 Å². The van der Waals surface area contributed by atoms with Crippen LogP contribution in [-0.2, 0) is 4.74 Å². The summed E-state index contributed by atoms with van der Waals surface area (Å²) in [7, 11) is 0. The van der Waals surface area contributed by atoms with Crippen LogP contribution >= 0.6 is 0 Å². The summed E-state index contributed by atoms with van der Waals surface area (Å²) in [5.74, 6) is -2.88. The standard InChI is InChI=1S/C12H11FN4O/c1-11(2,3)12(13)9(7(4-14)5-15)8(6-16)10(17)18-12/h17H2,1-3H3/t12-/m0/s1. The Hall–Kier alpha value is -2.52. The lowest BCUT2D eigenvalue weighted by molar-refractivity contribution is -0.140. The molecular formula is C12H11FN4O. The number of allylic oxidation sites excluding steroid dienone is 1. The number of rotatable bonds is 0. The predicted molar refractivity (Wildman–Crippen MR) is 59.5 cm³/mol. The molecule has 1 rings (SSSR count). The van der Waals surface area contributed by atoms with Crippen molar-refractivity contribution in [2.75, 3.05) is 0 Å². The highest BCUT2D eigenvalue weighted by Crippen LogP contribution is 2.50. The Kier molecular flexibility index (Phi) is 3.05. The minimum absolute atomic E-state index is 0.300. The van der Waals surface area contributed by atoms with Crippen molar-refractivity contribution in [3.63, 3.8) is 0 Å². The number of hydrogen-bond donors (Lipinski definition) is 1. The van der Waals surface area contributed by atoms with Crippen molar-refractivity contribution in [3.05, 3.63) is 22.6 Å². The van der Waals surface area contributed by atoms with E-state index in [2.05, 4.69) is 0 Å². The molecule has 0 aliphatic carbocycles. The van der Waals surface area contributed by atoms with Gasteiger partial charge in [0.1, 0.15) is 29.4 Å². The molecule has 1 heterocycles. The molecule has 0 amide bonds. The molecule has 0 saturated carbocycles. The summed E-state index contributed by atoms with van der Waals surface area (Å²) in [5, 5.41) is 26.7. The van der Waals surface area contributed by atoms with Crippen molar-refractivity contribution in [2.45, 2.75) is 26.6 Å². The van der Waals surface area contributed by atoms with Gasteiger partial charge in [0.15, 0.2) is 0 Å². The van der Waals surface area contributed by atoms with Crippen molar-refractivity contribution in [1.29, 1.82) is 15.8 Å². The average molecular weight is 246 g/mol. The van der Waals surface area contributed by atoms with Crippen LogP contribution in [0.4, 0.5) is 4.39 Å². The number of nitrogens with zero attached hydrogens (tertiary/aromatic N) is 3. The van der Waals surface area contributed by atoms with Crippen molar-refractivity contribution < 1.29 is 9.13 Å². The van der Waals surface area contributed by atoms with Crippen molar-refractivity contribution in [1.82, 2.24) is 0 Å². The molecule has 0 unspecified atom stereocenters. The molecule has 0 fully saturated rings. The minimum atomic E-state index is -2.47. The molecule has 2 N–H and O–H groups in total. The van der Waals surface area contributed by atoms with Crippen LogP contribution in [0.5, 0.6) is 0 Å². The summed E-state index contributed by atoms with van der Waals surface area (Å²) in [6.07, 6.45) is 0. The molecule has 0 bridgehead atoms. The first kappa shape index (κ1) is 13.5. The van der Waals surface area contributed by atoms with Gasteiger partial charge in [-0.3, -0.25) is 0 Å². The predicted octanol–water partition coefficient (Wildman–Crippen LogP) is 1.77. The largest absolute Gasteiger partial charge is 0.437 e. The number of hydrogen-bond acceptors (Lipinski definition) is 5. The lowest BCUT2D eigenvalue weighted by Gasteiger charge is -2.34. The molecule has 1 aliphatic heterocycles. The maximum Gasteiger partial charge on any atom is 0.283 e. The highest BCUT2D eigenvalue weighted by Gasteiger charge is 2.56. The van der Waals surface area contributed by atoms with Gasteiger partial charge >= 0.3 is 0 Å². The van der Waals surface area contributed by atoms with Gasteiger partial charge in [0, 0.05) is 5.41 Å². The third kappa shape index (κ3) is 1.67. The minimum Gasteiger partial charge on any atom is -0.437 e. The summed E-state index contributed by atoms with van der Waals surface area (Å²) < 4.78 is 19.9. The highest BCUT2D eigenvalue weighted by atomic mass is 19.2. The van der Waals surface area contributed by atoms with Gasteiger partial charge < -0.3 is 10.5 Å². The molecule has 5 nitrogen and oxygen atoms in total. The van der Waals surface area contributed by atoms with Crippen molar-refractivity contribution >= 4 is 0 Å². The monoisotopic (exact) mass is 246 g/mol. The molecular weight excluding hydrogens is 235 g/mol. The third-order valence-corrected chi connectivity index (χ3v) is 2.62. The van der Waals surface area contributed by atoms with Crippen LogP contribution < -0.4 is 5.73 Å². The van der Waals surface area contributed by atoms with E-state index in [0.29, 0.717) is 0 Å². The lowest BCUT2D eigenvalue weighted by atomic mass is 9.79. The number of nitriles is 3. The molecule has 18 heavy (non-hydrogen) atoms. The van der Waals surface area contributed by atoms with Gasteiger partial charge in [0.05, 0.1) is 5.57 Å². The van der Waals surface area contributed by atoms with Gasteiger partial charge in [-0.1, -0.05) is 20.8 Å². The summed E-state index contributed by atoms with van der Waals surface area (Å²) in [6.45, 7) is 4.56. The van der Waals surface area contributed by atoms with Crippen LogP contribution in [0, 0.1) is 39.4 Å². The van der Waals surface area contributed by atoms with Crippen LogP contribution in [0.15, 0.2) is 22.6 Å². The quantitative estimate of drug-likeness (QED) is 0.655. The number of ether oxygens (including phenoxy) is 1. The van der Waals surface area contributed by atoms with E-state index in [4.69, 9.17) is 26.3 Å². The van der Waals surface area contributed by atoms with Crippen LogP contribution in [0.3, 0.4) is 0 Å². The fourth-order valence-corrected chi connectivity index (χ4v) is 1.60. The zero-order valence-corrected chi connectivity index (χ0v) is 10.2. The van der Waals surface area contributed by atoms with E-state index in [-0.39, 0.29) is 11.1 Å². The molecule has 0 radical (unpaired) electrons. The van der Waals surface area contributed by atoms with E-state index in [1.54, 1.807) is 18.2 Å². The number of nitrogens with two attached hydrogens (primary N) is 1. The van der Waals surface area contributed by atoms with Gasteiger partial charge in [-0.2, -0.15) is 20.2 Å². The maximum atomic E-state index is 14.9. The van der Waals surface area contributed by atoms with Crippen molar-refractivity contribution in [3.8, 4) is 18.2 Å². The van der Waals surface area contributed by atoms with Crippen molar-refractivity contribution in [2.24, 2.45) is 11.1 Å². The van der Waals surface area contributed by atoms with E-state index < -0.39 is 22.7 Å². The number of alkyl halides is 1. The van der Waals surface area contributed by atoms with Gasteiger partial charge in [0.25, 0.3) is 5.85 Å². The Labute approximate surface area is 104 Å². The summed E-state index contributed by atoms with van der Waals surface area (Å²) >= 11 is 0. The van der Waals surface area contributed by atoms with E-state index in [1.807, 2.05) is 0 Å². The fourth-order valence-electron chi connectivity index (χ4n) is 1.60. The van der Waals surface area contributed by atoms with E-state index in [9.17, 15) is 4.39 Å². The van der Waals surface area contributed by atoms with Crippen LogP contribution in [0.25, 0.3) is 0 Å². The zero-order valence-electron chi connectivity index (χ0n) is 10.2. The van der Waals surface area contributed by atoms with Gasteiger partial charge in [-0.15, -0.1) is 0 Å². The molecule has 1 atom stereocenters. The molecule has 92 valence electrons. The molecule has 6 heteroatoms. The first-order chi connectivity index (χ1) is 8.22. The van der Waals surface area contributed by atoms with E-state index in [0.717, 1.165) is 0 Å². The van der Waals surface area contributed by atoms with Crippen LogP contribution in [0.1, 0.15) is 20.8 Å². The molecule has 0 aromatic heterocycles. The second-order valence-corrected chi connectivity index (χ2v) is 4.77. The Morgan fingerprint density at radius 1 is 1.28 bits per heavy atom. The Bertz CT molecular complexity index is 561. The molecule has 0 aromatic carbocycles. The third-order valence-electron chi connectivity index (χ3n) is 2.62. The Morgan fingerprint density at radius 3 is 2.11 bits per heavy atom. The van der Waals surface area contributed by atoms with Gasteiger partial charge in [-0.25, -0.2) is 0 Å². The highest BCUT2D eigenvalue weighted by molar-refractivity contribution is 5.60. The summed E-state index contributed by atoms with van der Waals surface area (Å²) in [4.78, 5) is 0. The van der Waals surface area contributed by atoms with E-state index in [1.165, 1.54) is 20.8 Å². The maximum absolute atomic E-state index is 14.9. The zero-order chi connectivity index (χ0) is 14.1. The lowest BCUT2D eigenvalue weighted by Crippen LogP contribution is -2.41. The molecule has 0 aromatic rings. The Balaban J connectivity index is 3.69. The van der Waals surface area contributed by atoms with E-state index >= 15 is 0 Å². The van der Waals surface area contributed by atoms with Gasteiger partial charge in [-0.05, 0) is 0 Å². The smallest absolute Gasteiger partial charge is 0.283 e. The summed E-state index contributed by atoms with van der Waals surface area (Å²) in [6, 6.07) is 4.80.